The van der Waals surface area contributed by atoms with Crippen LogP contribution in [0.1, 0.15) is 23.9 Å². The summed E-state index contributed by atoms with van der Waals surface area (Å²) in [5.74, 6) is -1.51. The number of rotatable bonds is 3. The number of alkyl halides is 2. The highest BCUT2D eigenvalue weighted by Gasteiger charge is 2.21. The Bertz CT molecular complexity index is 568. The molecule has 17 heavy (non-hydrogen) atoms. The number of carboxylic acids is 1. The lowest BCUT2D eigenvalue weighted by Crippen LogP contribution is -2.20. The zero-order valence-electron chi connectivity index (χ0n) is 8.43. The van der Waals surface area contributed by atoms with E-state index in [9.17, 15) is 13.6 Å². The van der Waals surface area contributed by atoms with E-state index in [4.69, 9.17) is 15.3 Å². The molecular formula is C10H8F2N2O3. The molecule has 0 saturated carbocycles. The molecule has 7 heteroatoms. The van der Waals surface area contributed by atoms with Crippen molar-refractivity contribution in [3.8, 4) is 0 Å². The molecule has 1 unspecified atom stereocenters. The first kappa shape index (κ1) is 11.5. The van der Waals surface area contributed by atoms with E-state index in [1.165, 1.54) is 12.1 Å². The smallest absolute Gasteiger partial charge is 0.330 e. The van der Waals surface area contributed by atoms with Gasteiger partial charge in [0.1, 0.15) is 5.52 Å². The maximum absolute atomic E-state index is 12.4. The second kappa shape index (κ2) is 4.10. The lowest BCUT2D eigenvalue weighted by Gasteiger charge is -1.97. The first-order chi connectivity index (χ1) is 7.99. The summed E-state index contributed by atoms with van der Waals surface area (Å²) in [5, 5.41) is 8.66. The SMILES string of the molecule is NC(C(=O)O)c1nc2cc(C(F)F)ccc2o1. The van der Waals surface area contributed by atoms with Crippen molar-refractivity contribution in [1.29, 1.82) is 0 Å². The molecule has 0 radical (unpaired) electrons. The van der Waals surface area contributed by atoms with Crippen LogP contribution < -0.4 is 5.73 Å². The van der Waals surface area contributed by atoms with Crippen LogP contribution in [0.2, 0.25) is 0 Å². The number of hydrogen-bond donors (Lipinski definition) is 2. The standard InChI is InChI=1S/C10H8F2N2O3/c11-8(12)4-1-2-6-5(3-4)14-9(17-6)7(13)10(15)16/h1-3,7-8H,13H2,(H,15,16). The summed E-state index contributed by atoms with van der Waals surface area (Å²) >= 11 is 0. The summed E-state index contributed by atoms with van der Waals surface area (Å²) in [6.07, 6.45) is -2.62. The van der Waals surface area contributed by atoms with E-state index in [0.29, 0.717) is 0 Å². The van der Waals surface area contributed by atoms with Crippen molar-refractivity contribution in [2.24, 2.45) is 5.73 Å². The number of nitrogens with two attached hydrogens (primary N) is 1. The van der Waals surface area contributed by atoms with Crippen molar-refractivity contribution in [2.45, 2.75) is 12.5 Å². The van der Waals surface area contributed by atoms with Crippen LogP contribution in [0.4, 0.5) is 8.78 Å². The molecule has 5 nitrogen and oxygen atoms in total. The van der Waals surface area contributed by atoms with E-state index < -0.39 is 18.4 Å². The van der Waals surface area contributed by atoms with Gasteiger partial charge in [-0.25, -0.2) is 18.6 Å². The maximum Gasteiger partial charge on any atom is 0.330 e. The molecule has 0 fully saturated rings. The van der Waals surface area contributed by atoms with E-state index in [0.717, 1.165) is 6.07 Å². The van der Waals surface area contributed by atoms with Gasteiger partial charge in [0.25, 0.3) is 6.43 Å². The van der Waals surface area contributed by atoms with Crippen molar-refractivity contribution in [2.75, 3.05) is 0 Å². The highest BCUT2D eigenvalue weighted by Crippen LogP contribution is 2.25. The predicted octanol–water partition coefficient (Wildman–Crippen LogP) is 1.85. The van der Waals surface area contributed by atoms with Crippen molar-refractivity contribution >= 4 is 17.1 Å². The zero-order chi connectivity index (χ0) is 12.6. The quantitative estimate of drug-likeness (QED) is 0.857. The fourth-order valence-electron chi connectivity index (χ4n) is 1.34. The van der Waals surface area contributed by atoms with Gasteiger partial charge >= 0.3 is 5.97 Å². The number of hydrogen-bond acceptors (Lipinski definition) is 4. The number of carbonyl (C=O) groups is 1. The monoisotopic (exact) mass is 242 g/mol. The summed E-state index contributed by atoms with van der Waals surface area (Å²) in [6, 6.07) is 2.23. The van der Waals surface area contributed by atoms with Crippen molar-refractivity contribution in [3.63, 3.8) is 0 Å². The minimum absolute atomic E-state index is 0.162. The number of benzene rings is 1. The average molecular weight is 242 g/mol. The summed E-state index contributed by atoms with van der Waals surface area (Å²) in [5.41, 5.74) is 5.47. The number of nitrogens with zero attached hydrogens (tertiary/aromatic N) is 1. The molecule has 2 rings (SSSR count). The largest absolute Gasteiger partial charge is 0.480 e. The van der Waals surface area contributed by atoms with Gasteiger partial charge in [-0.1, -0.05) is 0 Å². The summed E-state index contributed by atoms with van der Waals surface area (Å²) < 4.78 is 29.9. The summed E-state index contributed by atoms with van der Waals surface area (Å²) in [4.78, 5) is 14.4. The van der Waals surface area contributed by atoms with Crippen molar-refractivity contribution in [1.82, 2.24) is 4.98 Å². The van der Waals surface area contributed by atoms with Crippen LogP contribution >= 0.6 is 0 Å². The van der Waals surface area contributed by atoms with Gasteiger partial charge in [-0.2, -0.15) is 0 Å². The number of aromatic nitrogens is 1. The molecule has 1 aromatic carbocycles. The Morgan fingerprint density at radius 3 is 2.76 bits per heavy atom. The van der Waals surface area contributed by atoms with Crippen LogP contribution in [0.5, 0.6) is 0 Å². The summed E-state index contributed by atoms with van der Waals surface area (Å²) in [7, 11) is 0. The lowest BCUT2D eigenvalue weighted by molar-refractivity contribution is -0.139. The lowest BCUT2D eigenvalue weighted by atomic mass is 10.2. The molecule has 0 amide bonds. The molecule has 1 heterocycles. The Morgan fingerprint density at radius 1 is 1.47 bits per heavy atom. The van der Waals surface area contributed by atoms with Gasteiger partial charge < -0.3 is 15.3 Å². The third-order valence-corrected chi connectivity index (χ3v) is 2.21. The van der Waals surface area contributed by atoms with Crippen molar-refractivity contribution in [3.05, 3.63) is 29.7 Å². The van der Waals surface area contributed by atoms with Crippen LogP contribution in [0.3, 0.4) is 0 Å². The number of fused-ring (bicyclic) bond motifs is 1. The Labute approximate surface area is 93.8 Å². The fourth-order valence-corrected chi connectivity index (χ4v) is 1.34. The molecule has 1 aromatic heterocycles. The van der Waals surface area contributed by atoms with Crippen LogP contribution in [-0.2, 0) is 4.79 Å². The van der Waals surface area contributed by atoms with Gasteiger partial charge in [0.2, 0.25) is 5.89 Å². The fraction of sp³-hybridized carbons (Fsp3) is 0.200. The zero-order valence-corrected chi connectivity index (χ0v) is 8.43. The Kier molecular flexibility index (Phi) is 2.76. The van der Waals surface area contributed by atoms with Gasteiger partial charge in [0.05, 0.1) is 0 Å². The Hall–Kier alpha value is -2.02. The van der Waals surface area contributed by atoms with E-state index in [1.54, 1.807) is 0 Å². The molecule has 90 valence electrons. The third kappa shape index (κ3) is 2.09. The minimum Gasteiger partial charge on any atom is -0.480 e. The molecule has 0 aliphatic rings. The number of carboxylic acid groups (broad SMARTS) is 1. The van der Waals surface area contributed by atoms with E-state index >= 15 is 0 Å². The molecule has 0 saturated heterocycles. The molecular weight excluding hydrogens is 234 g/mol. The molecule has 1 atom stereocenters. The van der Waals surface area contributed by atoms with Crippen LogP contribution in [0, 0.1) is 0 Å². The van der Waals surface area contributed by atoms with E-state index in [1.807, 2.05) is 0 Å². The first-order valence-electron chi connectivity index (χ1n) is 4.66. The van der Waals surface area contributed by atoms with Gasteiger partial charge in [-0.15, -0.1) is 0 Å². The topological polar surface area (TPSA) is 89.4 Å². The van der Waals surface area contributed by atoms with E-state index in [2.05, 4.69) is 4.98 Å². The molecule has 0 spiro atoms. The van der Waals surface area contributed by atoms with Gasteiger partial charge in [0, 0.05) is 5.56 Å². The maximum atomic E-state index is 12.4. The normalized spacial score (nSPS) is 13.2. The highest BCUT2D eigenvalue weighted by molar-refractivity contribution is 5.77. The first-order valence-corrected chi connectivity index (χ1v) is 4.66. The van der Waals surface area contributed by atoms with E-state index in [-0.39, 0.29) is 22.6 Å². The second-order valence-corrected chi connectivity index (χ2v) is 3.40. The molecule has 0 aliphatic carbocycles. The molecule has 2 aromatic rings. The van der Waals surface area contributed by atoms with Crippen LogP contribution in [0.25, 0.3) is 11.1 Å². The Morgan fingerprint density at radius 2 is 2.18 bits per heavy atom. The summed E-state index contributed by atoms with van der Waals surface area (Å²) in [6.45, 7) is 0. The average Bonchev–Trinajstić information content (AvgIpc) is 2.69. The molecule has 3 N–H and O–H groups in total. The van der Waals surface area contributed by atoms with Gasteiger partial charge in [-0.05, 0) is 18.2 Å². The number of aliphatic carboxylic acids is 1. The van der Waals surface area contributed by atoms with Gasteiger partial charge in [-0.3, -0.25) is 0 Å². The predicted molar refractivity (Wildman–Crippen MR) is 53.5 cm³/mol. The van der Waals surface area contributed by atoms with Gasteiger partial charge in [0.15, 0.2) is 11.6 Å². The third-order valence-electron chi connectivity index (χ3n) is 2.21. The molecule has 0 aliphatic heterocycles. The number of halogens is 2. The molecule has 0 bridgehead atoms. The van der Waals surface area contributed by atoms with Crippen molar-refractivity contribution < 1.29 is 23.1 Å². The second-order valence-electron chi connectivity index (χ2n) is 3.40. The number of oxazole rings is 1. The van der Waals surface area contributed by atoms with Crippen LogP contribution in [-0.4, -0.2) is 16.1 Å². The highest BCUT2D eigenvalue weighted by atomic mass is 19.3. The minimum atomic E-state index is -2.62. The Balaban J connectivity index is 2.47. The van der Waals surface area contributed by atoms with Crippen LogP contribution in [0.15, 0.2) is 22.6 Å².